The second kappa shape index (κ2) is 5.73. The van der Waals surface area contributed by atoms with Crippen LogP contribution in [0.3, 0.4) is 0 Å². The van der Waals surface area contributed by atoms with Crippen LogP contribution in [0.15, 0.2) is 22.7 Å². The number of hydrogen-bond donors (Lipinski definition) is 0. The third kappa shape index (κ3) is 3.24. The van der Waals surface area contributed by atoms with Gasteiger partial charge in [-0.1, -0.05) is 40.0 Å². The molecule has 17 heavy (non-hydrogen) atoms. The van der Waals surface area contributed by atoms with E-state index in [-0.39, 0.29) is 0 Å². The zero-order chi connectivity index (χ0) is 12.4. The molecule has 0 spiro atoms. The van der Waals surface area contributed by atoms with Crippen LogP contribution in [-0.4, -0.2) is 17.0 Å². The van der Waals surface area contributed by atoms with Crippen LogP contribution >= 0.6 is 27.5 Å². The van der Waals surface area contributed by atoms with Crippen molar-refractivity contribution in [3.8, 4) is 0 Å². The Bertz CT molecular complexity index is 384. The first-order valence-electron chi connectivity index (χ1n) is 6.27. The summed E-state index contributed by atoms with van der Waals surface area (Å²) < 4.78 is 1.05. The Hall–Kier alpha value is -0.0500. The number of benzene rings is 1. The Morgan fingerprint density at radius 1 is 1.29 bits per heavy atom. The van der Waals surface area contributed by atoms with E-state index in [0.29, 0.717) is 12.1 Å². The molecule has 2 rings (SSSR count). The van der Waals surface area contributed by atoms with Gasteiger partial charge in [-0.2, -0.15) is 0 Å². The summed E-state index contributed by atoms with van der Waals surface area (Å²) in [5.74, 6) is 0. The maximum Gasteiger partial charge on any atom is 0.0462 e. The Morgan fingerprint density at radius 3 is 2.53 bits per heavy atom. The van der Waals surface area contributed by atoms with Gasteiger partial charge < -0.3 is 0 Å². The zero-order valence-electron chi connectivity index (χ0n) is 10.4. The minimum absolute atomic E-state index is 0.665. The van der Waals surface area contributed by atoms with E-state index in [1.165, 1.54) is 24.8 Å². The molecule has 3 heteroatoms. The summed E-state index contributed by atoms with van der Waals surface area (Å²) in [7, 11) is 0. The average Bonchev–Trinajstić information content (AvgIpc) is 2.26. The second-order valence-electron chi connectivity index (χ2n) is 5.04. The first kappa shape index (κ1) is 13.4. The fourth-order valence-corrected chi connectivity index (χ4v) is 3.37. The molecule has 0 bridgehead atoms. The lowest BCUT2D eigenvalue weighted by Crippen LogP contribution is -2.43. The molecule has 1 nitrogen and oxygen atoms in total. The molecule has 1 fully saturated rings. The molecule has 1 aromatic rings. The number of halogens is 2. The molecular weight excluding hydrogens is 298 g/mol. The van der Waals surface area contributed by atoms with Crippen molar-refractivity contribution in [3.63, 3.8) is 0 Å². The van der Waals surface area contributed by atoms with Crippen LogP contribution in [0.2, 0.25) is 5.02 Å². The van der Waals surface area contributed by atoms with Gasteiger partial charge in [-0.15, -0.1) is 0 Å². The molecule has 1 aliphatic heterocycles. The molecule has 1 aliphatic rings. The molecule has 2 atom stereocenters. The minimum atomic E-state index is 0.665. The van der Waals surface area contributed by atoms with Gasteiger partial charge in [0.1, 0.15) is 0 Å². The van der Waals surface area contributed by atoms with E-state index in [9.17, 15) is 0 Å². The molecule has 94 valence electrons. The molecule has 2 unspecified atom stereocenters. The first-order valence-corrected chi connectivity index (χ1v) is 7.44. The molecular formula is C14H19BrClN. The highest BCUT2D eigenvalue weighted by Gasteiger charge is 2.24. The predicted octanol–water partition coefficient (Wildman–Crippen LogP) is 4.87. The zero-order valence-corrected chi connectivity index (χ0v) is 12.8. The lowest BCUT2D eigenvalue weighted by atomic mass is 9.97. The normalized spacial score (nSPS) is 26.1. The van der Waals surface area contributed by atoms with Crippen molar-refractivity contribution in [2.45, 2.75) is 51.7 Å². The second-order valence-corrected chi connectivity index (χ2v) is 6.36. The topological polar surface area (TPSA) is 3.24 Å². The van der Waals surface area contributed by atoms with Crippen molar-refractivity contribution in [2.75, 3.05) is 0 Å². The van der Waals surface area contributed by atoms with Gasteiger partial charge in [0.25, 0.3) is 0 Å². The first-order chi connectivity index (χ1) is 8.08. The van der Waals surface area contributed by atoms with Crippen LogP contribution in [0.5, 0.6) is 0 Å². The lowest BCUT2D eigenvalue weighted by molar-refractivity contribution is 0.0953. The van der Waals surface area contributed by atoms with E-state index >= 15 is 0 Å². The van der Waals surface area contributed by atoms with Gasteiger partial charge in [-0.25, -0.2) is 0 Å². The van der Waals surface area contributed by atoms with Crippen LogP contribution in [0.4, 0.5) is 0 Å². The number of hydrogen-bond acceptors (Lipinski definition) is 1. The lowest BCUT2D eigenvalue weighted by Gasteiger charge is -2.39. The SMILES string of the molecule is CC1CCCC(C)N1Cc1ccc(Br)cc1Cl. The maximum absolute atomic E-state index is 6.29. The van der Waals surface area contributed by atoms with Gasteiger partial charge in [0.15, 0.2) is 0 Å². The minimum Gasteiger partial charge on any atom is -0.294 e. The number of rotatable bonds is 2. The van der Waals surface area contributed by atoms with Crippen molar-refractivity contribution in [3.05, 3.63) is 33.3 Å². The van der Waals surface area contributed by atoms with Crippen LogP contribution in [0.25, 0.3) is 0 Å². The average molecular weight is 317 g/mol. The third-order valence-corrected chi connectivity index (χ3v) is 4.59. The summed E-state index contributed by atoms with van der Waals surface area (Å²) in [6.45, 7) is 5.61. The van der Waals surface area contributed by atoms with Crippen LogP contribution in [0.1, 0.15) is 38.7 Å². The van der Waals surface area contributed by atoms with Gasteiger partial charge >= 0.3 is 0 Å². The van der Waals surface area contributed by atoms with Gasteiger partial charge in [0.05, 0.1) is 0 Å². The summed E-state index contributed by atoms with van der Waals surface area (Å²) >= 11 is 9.73. The fraction of sp³-hybridized carbons (Fsp3) is 0.571. The van der Waals surface area contributed by atoms with E-state index in [1.807, 2.05) is 6.07 Å². The molecule has 1 aromatic carbocycles. The van der Waals surface area contributed by atoms with Crippen molar-refractivity contribution in [1.82, 2.24) is 4.90 Å². The van der Waals surface area contributed by atoms with Gasteiger partial charge in [-0.05, 0) is 44.4 Å². The highest BCUT2D eigenvalue weighted by molar-refractivity contribution is 9.10. The van der Waals surface area contributed by atoms with E-state index in [1.54, 1.807) is 0 Å². The Balaban J connectivity index is 2.13. The molecule has 0 radical (unpaired) electrons. The summed E-state index contributed by atoms with van der Waals surface area (Å²) in [5.41, 5.74) is 1.23. The summed E-state index contributed by atoms with van der Waals surface area (Å²) in [4.78, 5) is 2.57. The highest BCUT2D eigenvalue weighted by atomic mass is 79.9. The number of nitrogens with zero attached hydrogens (tertiary/aromatic N) is 1. The van der Waals surface area contributed by atoms with Crippen molar-refractivity contribution in [2.24, 2.45) is 0 Å². The van der Waals surface area contributed by atoms with Gasteiger partial charge in [0.2, 0.25) is 0 Å². The van der Waals surface area contributed by atoms with Crippen LogP contribution < -0.4 is 0 Å². The Labute approximate surface area is 117 Å². The summed E-state index contributed by atoms with van der Waals surface area (Å²) in [6.07, 6.45) is 3.96. The Kier molecular flexibility index (Phi) is 4.51. The molecule has 1 heterocycles. The largest absolute Gasteiger partial charge is 0.294 e. The van der Waals surface area contributed by atoms with E-state index < -0.39 is 0 Å². The summed E-state index contributed by atoms with van der Waals surface area (Å²) in [5, 5.41) is 0.865. The fourth-order valence-electron chi connectivity index (χ4n) is 2.63. The molecule has 0 amide bonds. The maximum atomic E-state index is 6.29. The number of piperidine rings is 1. The van der Waals surface area contributed by atoms with Crippen LogP contribution in [0, 0.1) is 0 Å². The highest BCUT2D eigenvalue weighted by Crippen LogP contribution is 2.28. The summed E-state index contributed by atoms with van der Waals surface area (Å²) in [6, 6.07) is 7.51. The molecule has 0 aromatic heterocycles. The van der Waals surface area contributed by atoms with E-state index in [2.05, 4.69) is 46.8 Å². The monoisotopic (exact) mass is 315 g/mol. The molecule has 1 saturated heterocycles. The van der Waals surface area contributed by atoms with Crippen LogP contribution in [-0.2, 0) is 6.54 Å². The van der Waals surface area contributed by atoms with Gasteiger partial charge in [0, 0.05) is 28.1 Å². The standard InChI is InChI=1S/C14H19BrClN/c1-10-4-3-5-11(2)17(10)9-12-6-7-13(15)8-14(12)16/h6-8,10-11H,3-5,9H2,1-2H3. The molecule has 0 aliphatic carbocycles. The molecule has 0 saturated carbocycles. The quantitative estimate of drug-likeness (QED) is 0.752. The Morgan fingerprint density at radius 2 is 1.94 bits per heavy atom. The molecule has 0 N–H and O–H groups in total. The van der Waals surface area contributed by atoms with Crippen molar-refractivity contribution >= 4 is 27.5 Å². The predicted molar refractivity (Wildman–Crippen MR) is 77.5 cm³/mol. The van der Waals surface area contributed by atoms with Crippen molar-refractivity contribution in [1.29, 1.82) is 0 Å². The van der Waals surface area contributed by atoms with E-state index in [0.717, 1.165) is 16.0 Å². The number of likely N-dealkylation sites (tertiary alicyclic amines) is 1. The third-order valence-electron chi connectivity index (χ3n) is 3.74. The van der Waals surface area contributed by atoms with Crippen molar-refractivity contribution < 1.29 is 0 Å². The van der Waals surface area contributed by atoms with Gasteiger partial charge in [-0.3, -0.25) is 4.90 Å². The van der Waals surface area contributed by atoms with E-state index in [4.69, 9.17) is 11.6 Å². The smallest absolute Gasteiger partial charge is 0.0462 e.